The molecule has 18 heavy (non-hydrogen) atoms. The predicted molar refractivity (Wildman–Crippen MR) is 64.1 cm³/mol. The third-order valence-electron chi connectivity index (χ3n) is 2.14. The maximum Gasteiger partial charge on any atom is 0.343 e. The van der Waals surface area contributed by atoms with E-state index in [9.17, 15) is 13.6 Å². The molecule has 0 saturated carbocycles. The van der Waals surface area contributed by atoms with Crippen molar-refractivity contribution in [3.63, 3.8) is 0 Å². The largest absolute Gasteiger partial charge is 0.343 e. The van der Waals surface area contributed by atoms with Crippen molar-refractivity contribution in [1.29, 1.82) is 0 Å². The van der Waals surface area contributed by atoms with Crippen LogP contribution in [0.15, 0.2) is 12.1 Å². The van der Waals surface area contributed by atoms with E-state index in [4.69, 9.17) is 4.84 Å². The number of nitrogens with one attached hydrogen (secondary N) is 2. The normalized spacial score (nSPS) is 10.6. The topological polar surface area (TPSA) is 50.4 Å². The molecule has 0 radical (unpaired) electrons. The van der Waals surface area contributed by atoms with Crippen LogP contribution in [-0.2, 0) is 11.3 Å². The number of benzene rings is 1. The number of hydroxylamine groups is 1. The predicted octanol–water partition coefficient (Wildman–Crippen LogP) is 2.99. The van der Waals surface area contributed by atoms with Crippen LogP contribution in [0.2, 0.25) is 0 Å². The molecular formula is C12H16F2N2O2. The molecule has 1 rings (SSSR count). The minimum atomic E-state index is -0.813. The molecular weight excluding hydrogens is 242 g/mol. The van der Waals surface area contributed by atoms with Crippen molar-refractivity contribution < 1.29 is 18.4 Å². The molecule has 0 atom stereocenters. The highest BCUT2D eigenvalue weighted by molar-refractivity contribution is 5.89. The van der Waals surface area contributed by atoms with Crippen molar-refractivity contribution in [2.75, 3.05) is 5.32 Å². The molecule has 4 nitrogen and oxygen atoms in total. The van der Waals surface area contributed by atoms with Crippen molar-refractivity contribution in [1.82, 2.24) is 5.48 Å². The first-order valence-corrected chi connectivity index (χ1v) is 5.64. The van der Waals surface area contributed by atoms with Gasteiger partial charge in [0.05, 0.1) is 11.8 Å². The summed E-state index contributed by atoms with van der Waals surface area (Å²) in [5.74, 6) is -1.49. The number of carbonyl (C=O) groups excluding carboxylic acids is 1. The Bertz CT molecular complexity index is 436. The fourth-order valence-electron chi connectivity index (χ4n) is 1.36. The molecule has 0 unspecified atom stereocenters. The lowest BCUT2D eigenvalue weighted by Crippen LogP contribution is -2.31. The highest BCUT2D eigenvalue weighted by Gasteiger charge is 2.13. The number of halogens is 2. The van der Waals surface area contributed by atoms with Crippen molar-refractivity contribution in [2.24, 2.45) is 0 Å². The van der Waals surface area contributed by atoms with Crippen LogP contribution in [0, 0.1) is 11.6 Å². The standard InChI is InChI=1S/C12H16F2N2O2/c1-4-8-5-9(13)6-10(14)11(8)15-12(17)16-18-7(2)3/h5-7H,4H2,1-3H3,(H2,15,16,17). The van der Waals surface area contributed by atoms with E-state index in [0.29, 0.717) is 12.0 Å². The van der Waals surface area contributed by atoms with Gasteiger partial charge in [-0.2, -0.15) is 0 Å². The van der Waals surface area contributed by atoms with E-state index in [0.717, 1.165) is 6.07 Å². The maximum atomic E-state index is 13.5. The molecule has 2 N–H and O–H groups in total. The van der Waals surface area contributed by atoms with Gasteiger partial charge < -0.3 is 5.32 Å². The molecule has 0 aliphatic carbocycles. The summed E-state index contributed by atoms with van der Waals surface area (Å²) in [4.78, 5) is 16.3. The number of rotatable bonds is 4. The Morgan fingerprint density at radius 3 is 2.61 bits per heavy atom. The second kappa shape index (κ2) is 6.30. The SMILES string of the molecule is CCc1cc(F)cc(F)c1NC(=O)NOC(C)C. The quantitative estimate of drug-likeness (QED) is 0.816. The van der Waals surface area contributed by atoms with Crippen LogP contribution in [0.5, 0.6) is 0 Å². The average molecular weight is 258 g/mol. The summed E-state index contributed by atoms with van der Waals surface area (Å²) in [5.41, 5.74) is 2.46. The number of hydrogen-bond acceptors (Lipinski definition) is 2. The Morgan fingerprint density at radius 2 is 2.06 bits per heavy atom. The van der Waals surface area contributed by atoms with Gasteiger partial charge in [0.15, 0.2) is 0 Å². The summed E-state index contributed by atoms with van der Waals surface area (Å²) in [5, 5.41) is 2.30. The minimum Gasteiger partial charge on any atom is -0.303 e. The molecule has 0 aliphatic rings. The molecule has 6 heteroatoms. The van der Waals surface area contributed by atoms with Gasteiger partial charge in [-0.05, 0) is 31.9 Å². The Hall–Kier alpha value is -1.69. The summed E-state index contributed by atoms with van der Waals surface area (Å²) < 4.78 is 26.5. The molecule has 0 bridgehead atoms. The molecule has 0 aliphatic heterocycles. The fraction of sp³-hybridized carbons (Fsp3) is 0.417. The molecule has 1 aromatic carbocycles. The zero-order valence-electron chi connectivity index (χ0n) is 10.5. The van der Waals surface area contributed by atoms with Crippen LogP contribution in [-0.4, -0.2) is 12.1 Å². The van der Waals surface area contributed by atoms with Gasteiger partial charge in [0.25, 0.3) is 0 Å². The lowest BCUT2D eigenvalue weighted by Gasteiger charge is -2.13. The second-order valence-corrected chi connectivity index (χ2v) is 4.00. The Kier molecular flexibility index (Phi) is 5.03. The zero-order chi connectivity index (χ0) is 13.7. The molecule has 0 fully saturated rings. The summed E-state index contributed by atoms with van der Waals surface area (Å²) in [6.45, 7) is 5.20. The van der Waals surface area contributed by atoms with Gasteiger partial charge >= 0.3 is 6.03 Å². The van der Waals surface area contributed by atoms with E-state index in [1.807, 2.05) is 0 Å². The summed E-state index contributed by atoms with van der Waals surface area (Å²) >= 11 is 0. The van der Waals surface area contributed by atoms with Crippen LogP contribution < -0.4 is 10.8 Å². The van der Waals surface area contributed by atoms with Gasteiger partial charge in [0.1, 0.15) is 11.6 Å². The van der Waals surface area contributed by atoms with Crippen molar-refractivity contribution >= 4 is 11.7 Å². The van der Waals surface area contributed by atoms with Crippen molar-refractivity contribution in [3.05, 3.63) is 29.3 Å². The monoisotopic (exact) mass is 258 g/mol. The minimum absolute atomic E-state index is 0.0382. The first-order chi connectivity index (χ1) is 8.43. The average Bonchev–Trinajstić information content (AvgIpc) is 2.29. The van der Waals surface area contributed by atoms with Crippen LogP contribution in [0.4, 0.5) is 19.3 Å². The van der Waals surface area contributed by atoms with Gasteiger partial charge in [-0.1, -0.05) is 6.92 Å². The summed E-state index contributed by atoms with van der Waals surface area (Å²) in [7, 11) is 0. The van der Waals surface area contributed by atoms with E-state index in [1.54, 1.807) is 20.8 Å². The first kappa shape index (κ1) is 14.4. The maximum absolute atomic E-state index is 13.5. The second-order valence-electron chi connectivity index (χ2n) is 4.00. The van der Waals surface area contributed by atoms with E-state index in [1.165, 1.54) is 6.07 Å². The van der Waals surface area contributed by atoms with Crippen LogP contribution in [0.25, 0.3) is 0 Å². The zero-order valence-corrected chi connectivity index (χ0v) is 10.5. The van der Waals surface area contributed by atoms with Crippen LogP contribution >= 0.6 is 0 Å². The van der Waals surface area contributed by atoms with Gasteiger partial charge in [0, 0.05) is 6.07 Å². The highest BCUT2D eigenvalue weighted by atomic mass is 19.1. The van der Waals surface area contributed by atoms with Gasteiger partial charge in [-0.25, -0.2) is 19.1 Å². The smallest absolute Gasteiger partial charge is 0.303 e. The van der Waals surface area contributed by atoms with Crippen LogP contribution in [0.3, 0.4) is 0 Å². The Morgan fingerprint density at radius 1 is 1.39 bits per heavy atom. The molecule has 100 valence electrons. The Balaban J connectivity index is 2.80. The lowest BCUT2D eigenvalue weighted by molar-refractivity contribution is 0.0198. The summed E-state index contributed by atoms with van der Waals surface area (Å²) in [6.07, 6.45) is 0.203. The molecule has 1 aromatic rings. The molecule has 0 aromatic heterocycles. The Labute approximate surface area is 104 Å². The molecule has 0 spiro atoms. The third-order valence-corrected chi connectivity index (χ3v) is 2.14. The fourth-order valence-corrected chi connectivity index (χ4v) is 1.36. The lowest BCUT2D eigenvalue weighted by atomic mass is 10.1. The molecule has 0 heterocycles. The van der Waals surface area contributed by atoms with Gasteiger partial charge in [-0.3, -0.25) is 4.84 Å². The van der Waals surface area contributed by atoms with Crippen molar-refractivity contribution in [2.45, 2.75) is 33.3 Å². The third kappa shape index (κ3) is 3.96. The van der Waals surface area contributed by atoms with Gasteiger partial charge in [0.2, 0.25) is 0 Å². The van der Waals surface area contributed by atoms with Gasteiger partial charge in [-0.15, -0.1) is 0 Å². The number of hydrogen-bond donors (Lipinski definition) is 2. The van der Waals surface area contributed by atoms with Crippen LogP contribution in [0.1, 0.15) is 26.3 Å². The van der Waals surface area contributed by atoms with E-state index in [2.05, 4.69) is 10.8 Å². The first-order valence-electron chi connectivity index (χ1n) is 5.64. The number of urea groups is 1. The number of anilines is 1. The molecule has 0 saturated heterocycles. The molecule has 2 amide bonds. The number of aryl methyl sites for hydroxylation is 1. The number of carbonyl (C=O) groups is 1. The van der Waals surface area contributed by atoms with Crippen molar-refractivity contribution in [3.8, 4) is 0 Å². The van der Waals surface area contributed by atoms with E-state index < -0.39 is 17.7 Å². The summed E-state index contributed by atoms with van der Waals surface area (Å²) in [6, 6.07) is 1.20. The van der Waals surface area contributed by atoms with E-state index in [-0.39, 0.29) is 11.8 Å². The van der Waals surface area contributed by atoms with E-state index >= 15 is 0 Å². The highest BCUT2D eigenvalue weighted by Crippen LogP contribution is 2.22. The number of amides is 2.